The number of hydrogen-bond acceptors (Lipinski definition) is 9. The second-order valence-corrected chi connectivity index (χ2v) is 17.7. The molecule has 0 rings (SSSR count). The summed E-state index contributed by atoms with van der Waals surface area (Å²) < 4.78 is 32.7. The molecule has 0 aromatic heterocycles. The molecule has 0 aliphatic heterocycles. The Morgan fingerprint density at radius 2 is 0.772 bits per heavy atom. The summed E-state index contributed by atoms with van der Waals surface area (Å²) in [6, 6.07) is -1.52. The molecule has 0 aliphatic carbocycles. The van der Waals surface area contributed by atoms with Crippen molar-refractivity contribution >= 4 is 25.7 Å². The normalized spacial score (nSPS) is 13.6. The van der Waals surface area contributed by atoms with Crippen molar-refractivity contribution in [3.05, 3.63) is 0 Å². The van der Waals surface area contributed by atoms with Crippen LogP contribution in [0.5, 0.6) is 0 Å². The van der Waals surface area contributed by atoms with E-state index in [0.29, 0.717) is 12.8 Å². The molecule has 0 spiro atoms. The van der Waals surface area contributed by atoms with E-state index in [-0.39, 0.29) is 19.4 Å². The lowest BCUT2D eigenvalue weighted by Crippen LogP contribution is -2.34. The molecule has 3 atom stereocenters. The van der Waals surface area contributed by atoms with E-state index in [9.17, 15) is 23.8 Å². The van der Waals surface area contributed by atoms with Gasteiger partial charge in [0.15, 0.2) is 6.10 Å². The number of carbonyl (C=O) groups excluding carboxylic acids is 2. The van der Waals surface area contributed by atoms with Crippen LogP contribution >= 0.6 is 7.82 Å². The third-order valence-electron chi connectivity index (χ3n) is 10.6. The second-order valence-electron chi connectivity index (χ2n) is 16.3. The summed E-state index contributed by atoms with van der Waals surface area (Å²) in [4.78, 5) is 46.0. The van der Waals surface area contributed by atoms with Crippen LogP contribution in [0.3, 0.4) is 0 Å². The molecular formula is C45H88NO10P. The van der Waals surface area contributed by atoms with Gasteiger partial charge in [0.25, 0.3) is 0 Å². The van der Waals surface area contributed by atoms with Crippen LogP contribution in [0.1, 0.15) is 239 Å². The largest absolute Gasteiger partial charge is 0.480 e. The number of phosphoric acid groups is 1. The van der Waals surface area contributed by atoms with Crippen LogP contribution in [0.2, 0.25) is 0 Å². The number of unbranched alkanes of at least 4 members (excludes halogenated alkanes) is 31. The summed E-state index contributed by atoms with van der Waals surface area (Å²) >= 11 is 0. The monoisotopic (exact) mass is 834 g/mol. The standard InChI is InChI=1S/C45H88NO10P/c1-3-5-7-9-11-13-15-17-18-19-20-21-22-23-24-25-27-28-30-32-34-36-43(47)53-38-41(39-54-57(51,52)55-40-42(46)45(49)50)56-44(48)37-35-33-31-29-26-16-14-12-10-8-6-4-2/h41-42H,3-40,46H2,1-2H3,(H,49,50)(H,51,52)/t41-,42+/m1/s1. The maximum Gasteiger partial charge on any atom is 0.472 e. The highest BCUT2D eigenvalue weighted by Crippen LogP contribution is 2.43. The Hall–Kier alpha value is -1.52. The molecule has 0 aromatic carbocycles. The zero-order valence-electron chi connectivity index (χ0n) is 36.7. The van der Waals surface area contributed by atoms with Gasteiger partial charge in [0, 0.05) is 12.8 Å². The first-order valence-corrected chi connectivity index (χ1v) is 25.1. The number of carbonyl (C=O) groups is 3. The van der Waals surface area contributed by atoms with Crippen molar-refractivity contribution in [2.75, 3.05) is 19.8 Å². The fraction of sp³-hybridized carbons (Fsp3) is 0.933. The molecular weight excluding hydrogens is 745 g/mol. The van der Waals surface area contributed by atoms with Gasteiger partial charge in [-0.1, -0.05) is 213 Å². The van der Waals surface area contributed by atoms with E-state index in [4.69, 9.17) is 24.8 Å². The lowest BCUT2D eigenvalue weighted by molar-refractivity contribution is -0.161. The number of ether oxygens (including phenoxy) is 2. The SMILES string of the molecule is CCCCCCCCCCCCCCCCCCCCCCCC(=O)OC[C@H](COP(=O)(O)OC[C@H](N)C(=O)O)OC(=O)CCCCCCCCCCCCCC. The van der Waals surface area contributed by atoms with Gasteiger partial charge >= 0.3 is 25.7 Å². The predicted octanol–water partition coefficient (Wildman–Crippen LogP) is 12.7. The number of rotatable bonds is 45. The number of hydrogen-bond donors (Lipinski definition) is 3. The molecule has 0 radical (unpaired) electrons. The van der Waals surface area contributed by atoms with Gasteiger partial charge < -0.3 is 25.2 Å². The molecule has 12 heteroatoms. The smallest absolute Gasteiger partial charge is 0.472 e. The molecule has 0 fully saturated rings. The Bertz CT molecular complexity index is 984. The number of carboxylic acids is 1. The van der Waals surface area contributed by atoms with Gasteiger partial charge in [0.1, 0.15) is 12.6 Å². The van der Waals surface area contributed by atoms with Crippen LogP contribution in [-0.2, 0) is 37.5 Å². The molecule has 0 saturated carbocycles. The fourth-order valence-corrected chi connectivity index (χ4v) is 7.67. The highest BCUT2D eigenvalue weighted by atomic mass is 31.2. The van der Waals surface area contributed by atoms with Crippen molar-refractivity contribution in [2.24, 2.45) is 5.73 Å². The van der Waals surface area contributed by atoms with Crippen molar-refractivity contribution in [1.82, 2.24) is 0 Å². The Kier molecular flexibility index (Phi) is 40.1. The molecule has 0 aromatic rings. The summed E-state index contributed by atoms with van der Waals surface area (Å²) in [5.41, 5.74) is 5.34. The van der Waals surface area contributed by atoms with Gasteiger partial charge in [-0.15, -0.1) is 0 Å². The van der Waals surface area contributed by atoms with Crippen molar-refractivity contribution in [3.8, 4) is 0 Å². The number of aliphatic carboxylic acids is 1. The first-order chi connectivity index (χ1) is 27.6. The van der Waals surface area contributed by atoms with E-state index in [2.05, 4.69) is 18.4 Å². The van der Waals surface area contributed by atoms with Gasteiger partial charge in [-0.3, -0.25) is 23.4 Å². The zero-order valence-corrected chi connectivity index (χ0v) is 37.6. The molecule has 0 bridgehead atoms. The summed E-state index contributed by atoms with van der Waals surface area (Å²) in [5.74, 6) is -2.36. The molecule has 11 nitrogen and oxygen atoms in total. The maximum absolute atomic E-state index is 12.6. The van der Waals surface area contributed by atoms with E-state index >= 15 is 0 Å². The summed E-state index contributed by atoms with van der Waals surface area (Å²) in [7, 11) is -4.71. The fourth-order valence-electron chi connectivity index (χ4n) is 6.89. The minimum absolute atomic E-state index is 0.169. The summed E-state index contributed by atoms with van der Waals surface area (Å²) in [6.45, 7) is 2.84. The number of carboxylic acid groups (broad SMARTS) is 1. The van der Waals surface area contributed by atoms with Crippen molar-refractivity contribution < 1.29 is 47.5 Å². The molecule has 0 heterocycles. The maximum atomic E-state index is 12.6. The minimum atomic E-state index is -4.71. The van der Waals surface area contributed by atoms with Gasteiger partial charge in [0.2, 0.25) is 0 Å². The first-order valence-electron chi connectivity index (χ1n) is 23.6. The van der Waals surface area contributed by atoms with Gasteiger partial charge in [0.05, 0.1) is 13.2 Å². The summed E-state index contributed by atoms with van der Waals surface area (Å²) in [6.07, 6.45) is 40.3. The minimum Gasteiger partial charge on any atom is -0.480 e. The average Bonchev–Trinajstić information content (AvgIpc) is 3.19. The predicted molar refractivity (Wildman–Crippen MR) is 231 cm³/mol. The molecule has 57 heavy (non-hydrogen) atoms. The highest BCUT2D eigenvalue weighted by Gasteiger charge is 2.28. The van der Waals surface area contributed by atoms with Crippen LogP contribution in [-0.4, -0.2) is 59.9 Å². The van der Waals surface area contributed by atoms with E-state index in [0.717, 1.165) is 38.5 Å². The van der Waals surface area contributed by atoms with Gasteiger partial charge in [-0.25, -0.2) is 4.57 Å². The lowest BCUT2D eigenvalue weighted by Gasteiger charge is -2.20. The van der Waals surface area contributed by atoms with Crippen molar-refractivity contribution in [2.45, 2.75) is 251 Å². The van der Waals surface area contributed by atoms with Crippen LogP contribution < -0.4 is 5.73 Å². The molecule has 338 valence electrons. The van der Waals surface area contributed by atoms with Crippen LogP contribution in [0.4, 0.5) is 0 Å². The zero-order chi connectivity index (χ0) is 42.1. The Labute approximate surface area is 348 Å². The average molecular weight is 834 g/mol. The quantitative estimate of drug-likeness (QED) is 0.0303. The van der Waals surface area contributed by atoms with Crippen LogP contribution in [0, 0.1) is 0 Å². The Morgan fingerprint density at radius 3 is 1.11 bits per heavy atom. The molecule has 4 N–H and O–H groups in total. The van der Waals surface area contributed by atoms with E-state index in [1.165, 1.54) is 161 Å². The lowest BCUT2D eigenvalue weighted by atomic mass is 10.0. The second kappa shape index (κ2) is 41.2. The first kappa shape index (κ1) is 55.5. The summed E-state index contributed by atoms with van der Waals surface area (Å²) in [5, 5.41) is 8.89. The van der Waals surface area contributed by atoms with Gasteiger partial charge in [-0.05, 0) is 12.8 Å². The molecule has 0 saturated heterocycles. The highest BCUT2D eigenvalue weighted by molar-refractivity contribution is 7.47. The number of nitrogens with two attached hydrogens (primary N) is 1. The van der Waals surface area contributed by atoms with Gasteiger partial charge in [-0.2, -0.15) is 0 Å². The topological polar surface area (TPSA) is 172 Å². The van der Waals surface area contributed by atoms with Crippen LogP contribution in [0.15, 0.2) is 0 Å². The van der Waals surface area contributed by atoms with E-state index in [1.807, 2.05) is 0 Å². The van der Waals surface area contributed by atoms with E-state index in [1.54, 1.807) is 0 Å². The van der Waals surface area contributed by atoms with E-state index < -0.39 is 51.1 Å². The third kappa shape index (κ3) is 41.0. The molecule has 1 unspecified atom stereocenters. The molecule has 0 aliphatic rings. The number of phosphoric ester groups is 1. The Morgan fingerprint density at radius 1 is 0.474 bits per heavy atom. The molecule has 0 amide bonds. The Balaban J connectivity index is 4.18. The number of esters is 2. The van der Waals surface area contributed by atoms with Crippen LogP contribution in [0.25, 0.3) is 0 Å². The van der Waals surface area contributed by atoms with Crippen molar-refractivity contribution in [3.63, 3.8) is 0 Å². The third-order valence-corrected chi connectivity index (χ3v) is 11.6. The van der Waals surface area contributed by atoms with Crippen molar-refractivity contribution in [1.29, 1.82) is 0 Å².